The van der Waals surface area contributed by atoms with E-state index in [0.29, 0.717) is 12.8 Å². The number of unbranched alkanes of at least 4 members (excludes halogenated alkanes) is 2. The number of allylic oxidation sites excluding steroid dienone is 1. The fourth-order valence-corrected chi connectivity index (χ4v) is 5.00. The minimum absolute atomic E-state index is 0.0484. The molecule has 1 fully saturated rings. The van der Waals surface area contributed by atoms with E-state index in [4.69, 9.17) is 4.74 Å². The van der Waals surface area contributed by atoms with Crippen molar-refractivity contribution in [1.82, 2.24) is 10.2 Å². The van der Waals surface area contributed by atoms with Gasteiger partial charge in [-0.3, -0.25) is 9.59 Å². The van der Waals surface area contributed by atoms with Crippen LogP contribution in [-0.4, -0.2) is 47.0 Å². The molecule has 0 spiro atoms. The molecule has 1 aliphatic carbocycles. The molecule has 0 unspecified atom stereocenters. The Morgan fingerprint density at radius 2 is 1.97 bits per heavy atom. The van der Waals surface area contributed by atoms with Crippen LogP contribution in [0.3, 0.4) is 0 Å². The van der Waals surface area contributed by atoms with Crippen LogP contribution in [0.25, 0.3) is 0 Å². The van der Waals surface area contributed by atoms with Crippen molar-refractivity contribution in [2.75, 3.05) is 7.11 Å². The summed E-state index contributed by atoms with van der Waals surface area (Å²) < 4.78 is 5.01. The molecule has 2 atom stereocenters. The van der Waals surface area contributed by atoms with Gasteiger partial charge in [-0.05, 0) is 61.3 Å². The van der Waals surface area contributed by atoms with Gasteiger partial charge in [-0.2, -0.15) is 0 Å². The molecule has 1 aromatic rings. The Hall–Kier alpha value is -2.83. The van der Waals surface area contributed by atoms with E-state index >= 15 is 0 Å². The Balaban J connectivity index is 1.83. The Labute approximate surface area is 196 Å². The predicted molar refractivity (Wildman–Crippen MR) is 125 cm³/mol. The van der Waals surface area contributed by atoms with E-state index in [1.165, 1.54) is 12.0 Å². The van der Waals surface area contributed by atoms with Crippen LogP contribution in [0, 0.1) is 5.92 Å². The van der Waals surface area contributed by atoms with E-state index in [1.54, 1.807) is 18.2 Å². The number of fused-ring (bicyclic) bond motifs is 1. The number of carbonyl (C=O) groups is 3. The molecule has 1 aromatic carbocycles. The molecular formula is C26H36N2O5. The summed E-state index contributed by atoms with van der Waals surface area (Å²) in [6, 6.07) is 3.59. The lowest BCUT2D eigenvalue weighted by Crippen LogP contribution is -2.58. The topological polar surface area (TPSA) is 95.9 Å². The highest BCUT2D eigenvalue weighted by Gasteiger charge is 2.41. The number of carbonyl (C=O) groups excluding carboxylic acids is 3. The SMILES string of the molecule is C=CCCCCC(=O)N[C@H](C(=O)N1Cc2cc(O)ccc2C[C@H]1C(=O)OC)C1CCCCC1. The van der Waals surface area contributed by atoms with Crippen LogP contribution < -0.4 is 5.32 Å². The molecule has 2 aliphatic rings. The minimum atomic E-state index is -0.755. The molecular weight excluding hydrogens is 420 g/mol. The van der Waals surface area contributed by atoms with Gasteiger partial charge in [0.15, 0.2) is 0 Å². The molecule has 33 heavy (non-hydrogen) atoms. The number of amides is 2. The maximum absolute atomic E-state index is 13.9. The summed E-state index contributed by atoms with van der Waals surface area (Å²) in [6.45, 7) is 3.90. The zero-order valence-electron chi connectivity index (χ0n) is 19.6. The Bertz CT molecular complexity index is 862. The number of hydrogen-bond acceptors (Lipinski definition) is 5. The first-order valence-corrected chi connectivity index (χ1v) is 12.0. The van der Waals surface area contributed by atoms with Crippen molar-refractivity contribution in [1.29, 1.82) is 0 Å². The number of hydrogen-bond donors (Lipinski definition) is 2. The van der Waals surface area contributed by atoms with Gasteiger partial charge in [0.05, 0.1) is 7.11 Å². The first-order valence-electron chi connectivity index (χ1n) is 12.0. The highest BCUT2D eigenvalue weighted by molar-refractivity contribution is 5.91. The number of benzene rings is 1. The summed E-state index contributed by atoms with van der Waals surface area (Å²) in [5.41, 5.74) is 1.72. The quantitative estimate of drug-likeness (QED) is 0.336. The number of rotatable bonds is 9. The number of aromatic hydroxyl groups is 1. The fraction of sp³-hybridized carbons (Fsp3) is 0.577. The average molecular weight is 457 g/mol. The summed E-state index contributed by atoms with van der Waals surface area (Å²) in [6.07, 6.45) is 9.95. The van der Waals surface area contributed by atoms with Gasteiger partial charge in [0, 0.05) is 19.4 Å². The van der Waals surface area contributed by atoms with Crippen molar-refractivity contribution in [2.24, 2.45) is 5.92 Å². The molecule has 1 aliphatic heterocycles. The normalized spacial score (nSPS) is 19.3. The number of ether oxygens (including phenoxy) is 1. The second-order valence-corrected chi connectivity index (χ2v) is 9.14. The summed E-state index contributed by atoms with van der Waals surface area (Å²) in [4.78, 5) is 40.7. The van der Waals surface area contributed by atoms with Gasteiger partial charge in [-0.15, -0.1) is 6.58 Å². The van der Waals surface area contributed by atoms with E-state index in [2.05, 4.69) is 11.9 Å². The fourth-order valence-electron chi connectivity index (χ4n) is 5.00. The molecule has 1 heterocycles. The van der Waals surface area contributed by atoms with Crippen molar-refractivity contribution >= 4 is 17.8 Å². The third-order valence-corrected chi connectivity index (χ3v) is 6.84. The van der Waals surface area contributed by atoms with Crippen LogP contribution in [0.5, 0.6) is 5.75 Å². The molecule has 0 bridgehead atoms. The maximum atomic E-state index is 13.9. The van der Waals surface area contributed by atoms with Crippen LogP contribution in [0.15, 0.2) is 30.9 Å². The highest BCUT2D eigenvalue weighted by atomic mass is 16.5. The molecule has 3 rings (SSSR count). The third-order valence-electron chi connectivity index (χ3n) is 6.84. The predicted octanol–water partition coefficient (Wildman–Crippen LogP) is 3.63. The largest absolute Gasteiger partial charge is 0.508 e. The lowest BCUT2D eigenvalue weighted by molar-refractivity contribution is -0.155. The number of phenolic OH excluding ortho intramolecular Hbond substituents is 1. The summed E-state index contributed by atoms with van der Waals surface area (Å²) in [5.74, 6) is -0.680. The molecule has 0 aromatic heterocycles. The Morgan fingerprint density at radius 3 is 2.67 bits per heavy atom. The van der Waals surface area contributed by atoms with Gasteiger partial charge in [0.25, 0.3) is 0 Å². The van der Waals surface area contributed by atoms with Crippen LogP contribution in [0.2, 0.25) is 0 Å². The third kappa shape index (κ3) is 6.36. The smallest absolute Gasteiger partial charge is 0.328 e. The molecule has 0 radical (unpaired) electrons. The minimum Gasteiger partial charge on any atom is -0.508 e. The van der Waals surface area contributed by atoms with Crippen LogP contribution in [0.4, 0.5) is 0 Å². The molecule has 2 N–H and O–H groups in total. The Morgan fingerprint density at radius 1 is 1.21 bits per heavy atom. The first-order chi connectivity index (χ1) is 15.9. The van der Waals surface area contributed by atoms with E-state index in [0.717, 1.165) is 62.5 Å². The van der Waals surface area contributed by atoms with Crippen molar-refractivity contribution in [3.63, 3.8) is 0 Å². The summed E-state index contributed by atoms with van der Waals surface area (Å²) in [7, 11) is 1.32. The molecule has 180 valence electrons. The van der Waals surface area contributed by atoms with E-state index in [9.17, 15) is 19.5 Å². The second kappa shape index (κ2) is 11.9. The van der Waals surface area contributed by atoms with Crippen molar-refractivity contribution in [2.45, 2.75) is 82.8 Å². The van der Waals surface area contributed by atoms with Gasteiger partial charge in [0.2, 0.25) is 11.8 Å². The van der Waals surface area contributed by atoms with Crippen molar-refractivity contribution < 1.29 is 24.2 Å². The van der Waals surface area contributed by atoms with Gasteiger partial charge in [0.1, 0.15) is 17.8 Å². The number of nitrogens with zero attached hydrogens (tertiary/aromatic N) is 1. The monoisotopic (exact) mass is 456 g/mol. The van der Waals surface area contributed by atoms with Crippen LogP contribution in [0.1, 0.15) is 68.9 Å². The highest BCUT2D eigenvalue weighted by Crippen LogP contribution is 2.31. The number of nitrogens with one attached hydrogen (secondary N) is 1. The summed E-state index contributed by atoms with van der Waals surface area (Å²) in [5, 5.41) is 12.9. The van der Waals surface area contributed by atoms with Crippen molar-refractivity contribution in [3.05, 3.63) is 42.0 Å². The van der Waals surface area contributed by atoms with Gasteiger partial charge < -0.3 is 20.1 Å². The second-order valence-electron chi connectivity index (χ2n) is 9.14. The lowest BCUT2D eigenvalue weighted by atomic mass is 9.82. The first kappa shape index (κ1) is 24.8. The number of phenols is 1. The van der Waals surface area contributed by atoms with E-state index in [-0.39, 0.29) is 30.0 Å². The molecule has 0 saturated heterocycles. The van der Waals surface area contributed by atoms with Gasteiger partial charge >= 0.3 is 5.97 Å². The molecule has 2 amide bonds. The zero-order valence-corrected chi connectivity index (χ0v) is 19.6. The average Bonchev–Trinajstić information content (AvgIpc) is 2.84. The maximum Gasteiger partial charge on any atom is 0.328 e. The number of esters is 1. The summed E-state index contributed by atoms with van der Waals surface area (Å²) >= 11 is 0. The van der Waals surface area contributed by atoms with Gasteiger partial charge in [-0.1, -0.05) is 31.4 Å². The molecule has 7 heteroatoms. The van der Waals surface area contributed by atoms with E-state index in [1.807, 2.05) is 6.08 Å². The number of methoxy groups -OCH3 is 1. The Kier molecular flexibility index (Phi) is 8.92. The standard InChI is InChI=1S/C26H36N2O5/c1-3-4-5-9-12-23(30)27-24(18-10-7-6-8-11-18)25(31)28-17-20-15-21(29)14-13-19(20)16-22(28)26(32)33-2/h3,13-15,18,22,24,29H,1,4-12,16-17H2,2H3,(H,27,30)/t22-,24-/m0/s1. The van der Waals surface area contributed by atoms with Crippen molar-refractivity contribution in [3.8, 4) is 5.75 Å². The lowest BCUT2D eigenvalue weighted by Gasteiger charge is -2.39. The van der Waals surface area contributed by atoms with Crippen LogP contribution >= 0.6 is 0 Å². The van der Waals surface area contributed by atoms with E-state index < -0.39 is 18.1 Å². The molecule has 1 saturated carbocycles. The van der Waals surface area contributed by atoms with Crippen LogP contribution in [-0.2, 0) is 32.1 Å². The molecule has 7 nitrogen and oxygen atoms in total. The zero-order chi connectivity index (χ0) is 23.8. The van der Waals surface area contributed by atoms with Gasteiger partial charge in [-0.25, -0.2) is 4.79 Å².